The average molecular weight is 263 g/mol. The van der Waals surface area contributed by atoms with Gasteiger partial charge < -0.3 is 10.8 Å². The summed E-state index contributed by atoms with van der Waals surface area (Å²) in [5.74, 6) is -0.286. The Balaban J connectivity index is 1.91. The molecule has 2 aromatic rings. The minimum atomic E-state index is -1.10. The zero-order valence-corrected chi connectivity index (χ0v) is 10.4. The van der Waals surface area contributed by atoms with Gasteiger partial charge in [-0.05, 0) is 12.1 Å². The van der Waals surface area contributed by atoms with E-state index in [-0.39, 0.29) is 11.4 Å². The van der Waals surface area contributed by atoms with E-state index < -0.39 is 5.97 Å². The van der Waals surface area contributed by atoms with Gasteiger partial charge in [-0.25, -0.2) is 4.79 Å². The zero-order valence-electron chi connectivity index (χ0n) is 9.61. The molecule has 1 aromatic carbocycles. The number of hydrogen-bond acceptors (Lipinski definition) is 4. The second kappa shape index (κ2) is 5.59. The molecule has 5 nitrogen and oxygen atoms in total. The summed E-state index contributed by atoms with van der Waals surface area (Å²) < 4.78 is 1.56. The van der Waals surface area contributed by atoms with Crippen molar-refractivity contribution in [1.82, 2.24) is 9.78 Å². The van der Waals surface area contributed by atoms with Crippen LogP contribution in [0, 0.1) is 0 Å². The smallest absolute Gasteiger partial charge is 0.358 e. The number of hydrogen-bond donors (Lipinski definition) is 2. The maximum absolute atomic E-state index is 10.8. The van der Waals surface area contributed by atoms with Gasteiger partial charge >= 0.3 is 5.97 Å². The average Bonchev–Trinajstić information content (AvgIpc) is 2.72. The molecule has 6 heteroatoms. The molecule has 2 rings (SSSR count). The summed E-state index contributed by atoms with van der Waals surface area (Å²) in [6, 6.07) is 10.0. The van der Waals surface area contributed by atoms with Gasteiger partial charge in [-0.1, -0.05) is 18.2 Å². The van der Waals surface area contributed by atoms with Gasteiger partial charge in [0, 0.05) is 16.8 Å². The first-order valence-corrected chi connectivity index (χ1v) is 6.39. The highest BCUT2D eigenvalue weighted by molar-refractivity contribution is 7.99. The van der Waals surface area contributed by atoms with Crippen LogP contribution in [0.2, 0.25) is 0 Å². The Morgan fingerprint density at radius 2 is 2.11 bits per heavy atom. The standard InChI is InChI=1S/C12H13N3O2S/c13-10-8-15(14-11(10)12(16)17)6-7-18-9-4-2-1-3-5-9/h1-5,8H,6-7,13H2,(H,16,17). The van der Waals surface area contributed by atoms with Gasteiger partial charge in [-0.15, -0.1) is 11.8 Å². The van der Waals surface area contributed by atoms with Crippen LogP contribution in [0.5, 0.6) is 0 Å². The van der Waals surface area contributed by atoms with E-state index in [1.807, 2.05) is 30.3 Å². The lowest BCUT2D eigenvalue weighted by molar-refractivity contribution is 0.0690. The van der Waals surface area contributed by atoms with Crippen LogP contribution in [0.1, 0.15) is 10.5 Å². The largest absolute Gasteiger partial charge is 0.476 e. The molecule has 0 fully saturated rings. The van der Waals surface area contributed by atoms with Crippen LogP contribution >= 0.6 is 11.8 Å². The SMILES string of the molecule is Nc1cn(CCSc2ccccc2)nc1C(=O)O. The van der Waals surface area contributed by atoms with Gasteiger partial charge in [0.1, 0.15) is 0 Å². The Kier molecular flexibility index (Phi) is 3.88. The number of thioether (sulfide) groups is 1. The highest BCUT2D eigenvalue weighted by Crippen LogP contribution is 2.17. The van der Waals surface area contributed by atoms with Gasteiger partial charge in [0.2, 0.25) is 0 Å². The van der Waals surface area contributed by atoms with Crippen molar-refractivity contribution in [3.8, 4) is 0 Å². The topological polar surface area (TPSA) is 81.1 Å². The summed E-state index contributed by atoms with van der Waals surface area (Å²) >= 11 is 1.69. The minimum absolute atomic E-state index is 0.0836. The summed E-state index contributed by atoms with van der Waals surface area (Å²) in [5, 5.41) is 12.7. The van der Waals surface area contributed by atoms with E-state index in [1.54, 1.807) is 22.6 Å². The van der Waals surface area contributed by atoms with E-state index in [2.05, 4.69) is 5.10 Å². The third-order valence-electron chi connectivity index (χ3n) is 2.32. The number of aryl methyl sites for hydroxylation is 1. The molecule has 1 heterocycles. The molecule has 3 N–H and O–H groups in total. The molecule has 0 unspecified atom stereocenters. The molecule has 0 aliphatic heterocycles. The predicted molar refractivity (Wildman–Crippen MR) is 70.8 cm³/mol. The Morgan fingerprint density at radius 3 is 2.72 bits per heavy atom. The number of aromatic nitrogens is 2. The highest BCUT2D eigenvalue weighted by atomic mass is 32.2. The first-order valence-electron chi connectivity index (χ1n) is 5.41. The van der Waals surface area contributed by atoms with E-state index in [1.165, 1.54) is 4.90 Å². The summed E-state index contributed by atoms with van der Waals surface area (Å²) in [5.41, 5.74) is 5.67. The van der Waals surface area contributed by atoms with Gasteiger partial charge in [0.05, 0.1) is 12.2 Å². The van der Waals surface area contributed by atoms with E-state index in [0.717, 1.165) is 5.75 Å². The van der Waals surface area contributed by atoms with E-state index in [4.69, 9.17) is 10.8 Å². The van der Waals surface area contributed by atoms with E-state index in [9.17, 15) is 4.79 Å². The maximum Gasteiger partial charge on any atom is 0.358 e. The van der Waals surface area contributed by atoms with Crippen molar-refractivity contribution in [1.29, 1.82) is 0 Å². The summed E-state index contributed by atoms with van der Waals surface area (Å²) in [7, 11) is 0. The first kappa shape index (κ1) is 12.5. The lowest BCUT2D eigenvalue weighted by atomic mass is 10.4. The molecule has 0 spiro atoms. The van der Waals surface area contributed by atoms with Crippen LogP contribution in [0.25, 0.3) is 0 Å². The number of nitrogen functional groups attached to an aromatic ring is 1. The van der Waals surface area contributed by atoms with Gasteiger partial charge in [-0.2, -0.15) is 5.10 Å². The third kappa shape index (κ3) is 3.04. The van der Waals surface area contributed by atoms with Gasteiger partial charge in [-0.3, -0.25) is 4.68 Å². The Bertz CT molecular complexity index is 540. The van der Waals surface area contributed by atoms with Gasteiger partial charge in [0.25, 0.3) is 0 Å². The molecule has 0 bridgehead atoms. The summed E-state index contributed by atoms with van der Waals surface area (Å²) in [6.45, 7) is 0.622. The summed E-state index contributed by atoms with van der Waals surface area (Å²) in [6.07, 6.45) is 1.55. The molecule has 18 heavy (non-hydrogen) atoms. The third-order valence-corrected chi connectivity index (χ3v) is 3.32. The Morgan fingerprint density at radius 1 is 1.39 bits per heavy atom. The molecule has 1 aromatic heterocycles. The van der Waals surface area contributed by atoms with E-state index >= 15 is 0 Å². The minimum Gasteiger partial charge on any atom is -0.476 e. The van der Waals surface area contributed by atoms with Crippen molar-refractivity contribution in [2.24, 2.45) is 0 Å². The molecule has 0 amide bonds. The molecule has 94 valence electrons. The number of carboxylic acid groups (broad SMARTS) is 1. The van der Waals surface area contributed by atoms with Crippen molar-refractivity contribution in [2.75, 3.05) is 11.5 Å². The highest BCUT2D eigenvalue weighted by Gasteiger charge is 2.12. The number of benzene rings is 1. The van der Waals surface area contributed by atoms with Crippen molar-refractivity contribution in [2.45, 2.75) is 11.4 Å². The van der Waals surface area contributed by atoms with Crippen LogP contribution in [-0.4, -0.2) is 26.6 Å². The van der Waals surface area contributed by atoms with Crippen LogP contribution < -0.4 is 5.73 Å². The molecule has 0 aliphatic carbocycles. The van der Waals surface area contributed by atoms with Crippen LogP contribution in [-0.2, 0) is 6.54 Å². The van der Waals surface area contributed by atoms with Crippen molar-refractivity contribution in [3.63, 3.8) is 0 Å². The lowest BCUT2D eigenvalue weighted by Crippen LogP contribution is -2.04. The fourth-order valence-corrected chi connectivity index (χ4v) is 2.35. The lowest BCUT2D eigenvalue weighted by Gasteiger charge is -2.01. The molecule has 0 aliphatic rings. The molecular formula is C12H13N3O2S. The maximum atomic E-state index is 10.8. The summed E-state index contributed by atoms with van der Waals surface area (Å²) in [4.78, 5) is 11.9. The number of aromatic carboxylic acids is 1. The molecular weight excluding hydrogens is 250 g/mol. The van der Waals surface area contributed by atoms with Crippen LogP contribution in [0.3, 0.4) is 0 Å². The number of anilines is 1. The fraction of sp³-hybridized carbons (Fsp3) is 0.167. The number of carboxylic acids is 1. The Hall–Kier alpha value is -1.95. The molecule has 0 saturated heterocycles. The zero-order chi connectivity index (χ0) is 13.0. The monoisotopic (exact) mass is 263 g/mol. The quantitative estimate of drug-likeness (QED) is 0.806. The van der Waals surface area contributed by atoms with Gasteiger partial charge in [0.15, 0.2) is 5.69 Å². The molecule has 0 radical (unpaired) electrons. The molecule has 0 saturated carbocycles. The predicted octanol–water partition coefficient (Wildman–Crippen LogP) is 1.96. The van der Waals surface area contributed by atoms with Crippen molar-refractivity contribution >= 4 is 23.4 Å². The molecule has 0 atom stereocenters. The second-order valence-electron chi connectivity index (χ2n) is 3.66. The number of nitrogens with zero attached hydrogens (tertiary/aromatic N) is 2. The van der Waals surface area contributed by atoms with E-state index in [0.29, 0.717) is 6.54 Å². The van der Waals surface area contributed by atoms with Crippen molar-refractivity contribution in [3.05, 3.63) is 42.2 Å². The number of nitrogens with two attached hydrogens (primary N) is 1. The number of carbonyl (C=O) groups is 1. The number of rotatable bonds is 5. The fourth-order valence-electron chi connectivity index (χ4n) is 1.49. The van der Waals surface area contributed by atoms with Crippen molar-refractivity contribution < 1.29 is 9.90 Å². The first-order chi connectivity index (χ1) is 8.66. The normalized spacial score (nSPS) is 10.4. The van der Waals surface area contributed by atoms with Crippen LogP contribution in [0.4, 0.5) is 5.69 Å². The Labute approximate surface area is 109 Å². The van der Waals surface area contributed by atoms with Crippen LogP contribution in [0.15, 0.2) is 41.4 Å². The second-order valence-corrected chi connectivity index (χ2v) is 4.83.